The number of rotatable bonds is 6. The van der Waals surface area contributed by atoms with E-state index in [1.165, 1.54) is 12.3 Å². The minimum absolute atomic E-state index is 0.0648. The Balaban J connectivity index is 1.76. The van der Waals surface area contributed by atoms with E-state index >= 15 is 0 Å². The van der Waals surface area contributed by atoms with E-state index in [2.05, 4.69) is 15.5 Å². The van der Waals surface area contributed by atoms with Crippen molar-refractivity contribution in [2.75, 3.05) is 18.5 Å². The number of nitrogens with one attached hydrogen (secondary N) is 2. The zero-order valence-corrected chi connectivity index (χ0v) is 11.3. The van der Waals surface area contributed by atoms with Crippen LogP contribution in [-0.4, -0.2) is 23.3 Å². The molecule has 0 spiro atoms. The minimum Gasteiger partial charge on any atom is -0.490 e. The number of aromatic nitrogens is 2. The molecule has 5 nitrogen and oxygen atoms in total. The van der Waals surface area contributed by atoms with Crippen molar-refractivity contribution in [2.24, 2.45) is 0 Å². The zero-order valence-electron chi connectivity index (χ0n) is 10.5. The highest BCUT2D eigenvalue weighted by Crippen LogP contribution is 2.16. The van der Waals surface area contributed by atoms with Crippen LogP contribution in [0.15, 0.2) is 35.3 Å². The number of anilines is 1. The van der Waals surface area contributed by atoms with Gasteiger partial charge in [-0.05, 0) is 18.6 Å². The average Bonchev–Trinajstić information content (AvgIpc) is 2.45. The highest BCUT2D eigenvalue weighted by molar-refractivity contribution is 6.32. The number of benzene rings is 1. The number of H-pyrrole nitrogens is 1. The number of hydrogen-bond acceptors (Lipinski definition) is 4. The Morgan fingerprint density at radius 3 is 3.00 bits per heavy atom. The average molecular weight is 298 g/mol. The third-order valence-corrected chi connectivity index (χ3v) is 2.90. The van der Waals surface area contributed by atoms with Gasteiger partial charge in [0.1, 0.15) is 5.02 Å². The van der Waals surface area contributed by atoms with E-state index in [-0.39, 0.29) is 16.6 Å². The molecule has 2 rings (SSSR count). The second-order valence-electron chi connectivity index (χ2n) is 3.99. The van der Waals surface area contributed by atoms with Crippen LogP contribution in [-0.2, 0) is 0 Å². The summed E-state index contributed by atoms with van der Waals surface area (Å²) in [5.41, 5.74) is 0.0144. The first-order valence-electron chi connectivity index (χ1n) is 6.03. The molecule has 0 saturated heterocycles. The first kappa shape index (κ1) is 14.3. The van der Waals surface area contributed by atoms with Gasteiger partial charge in [0.15, 0.2) is 11.6 Å². The first-order chi connectivity index (χ1) is 9.68. The molecule has 0 aliphatic heterocycles. The van der Waals surface area contributed by atoms with E-state index in [0.29, 0.717) is 25.3 Å². The maximum atomic E-state index is 13.3. The van der Waals surface area contributed by atoms with Crippen LogP contribution in [0.1, 0.15) is 6.42 Å². The van der Waals surface area contributed by atoms with Gasteiger partial charge in [0.2, 0.25) is 0 Å². The third-order valence-electron chi connectivity index (χ3n) is 2.53. The number of aromatic amines is 1. The number of para-hydroxylation sites is 1. The number of ether oxygens (including phenoxy) is 1. The van der Waals surface area contributed by atoms with Crippen molar-refractivity contribution in [3.05, 3.63) is 51.7 Å². The monoisotopic (exact) mass is 297 g/mol. The van der Waals surface area contributed by atoms with Crippen molar-refractivity contribution in [1.82, 2.24) is 10.2 Å². The van der Waals surface area contributed by atoms with Gasteiger partial charge >= 0.3 is 0 Å². The molecule has 1 aromatic heterocycles. The Morgan fingerprint density at radius 2 is 2.20 bits per heavy atom. The van der Waals surface area contributed by atoms with Crippen LogP contribution < -0.4 is 15.6 Å². The summed E-state index contributed by atoms with van der Waals surface area (Å²) in [6.07, 6.45) is 2.05. The molecule has 0 bridgehead atoms. The van der Waals surface area contributed by atoms with Crippen molar-refractivity contribution in [2.45, 2.75) is 6.42 Å². The molecule has 0 atom stereocenters. The van der Waals surface area contributed by atoms with Gasteiger partial charge in [0.25, 0.3) is 5.56 Å². The highest BCUT2D eigenvalue weighted by Gasteiger charge is 2.04. The zero-order chi connectivity index (χ0) is 14.4. The quantitative estimate of drug-likeness (QED) is 0.804. The highest BCUT2D eigenvalue weighted by atomic mass is 35.5. The van der Waals surface area contributed by atoms with Gasteiger partial charge in [-0.25, -0.2) is 9.49 Å². The summed E-state index contributed by atoms with van der Waals surface area (Å²) in [7, 11) is 0. The number of halogens is 2. The predicted molar refractivity (Wildman–Crippen MR) is 74.9 cm³/mol. The Bertz CT molecular complexity index is 633. The van der Waals surface area contributed by atoms with Crippen LogP contribution in [0.25, 0.3) is 0 Å². The second kappa shape index (κ2) is 6.91. The molecule has 2 N–H and O–H groups in total. The third kappa shape index (κ3) is 3.71. The molecule has 0 amide bonds. The molecule has 0 radical (unpaired) electrons. The van der Waals surface area contributed by atoms with Gasteiger partial charge < -0.3 is 10.1 Å². The van der Waals surface area contributed by atoms with Crippen LogP contribution in [0.3, 0.4) is 0 Å². The molecular weight excluding hydrogens is 285 g/mol. The number of hydrogen-bond donors (Lipinski definition) is 2. The molecule has 0 aliphatic rings. The molecule has 0 unspecified atom stereocenters. The molecule has 20 heavy (non-hydrogen) atoms. The number of nitrogens with zero attached hydrogens (tertiary/aromatic N) is 1. The van der Waals surface area contributed by atoms with Crippen molar-refractivity contribution < 1.29 is 9.13 Å². The molecule has 1 heterocycles. The maximum absolute atomic E-state index is 13.3. The summed E-state index contributed by atoms with van der Waals surface area (Å²) in [5, 5.41) is 8.89. The van der Waals surface area contributed by atoms with Crippen LogP contribution in [0, 0.1) is 5.82 Å². The molecule has 1 aromatic carbocycles. The minimum atomic E-state index is -0.445. The lowest BCUT2D eigenvalue weighted by Gasteiger charge is -2.09. The molecule has 0 saturated carbocycles. The normalized spacial score (nSPS) is 10.3. The summed E-state index contributed by atoms with van der Waals surface area (Å²) in [6.45, 7) is 0.876. The summed E-state index contributed by atoms with van der Waals surface area (Å²) in [6, 6.07) is 6.22. The van der Waals surface area contributed by atoms with Gasteiger partial charge in [-0.2, -0.15) is 5.10 Å². The largest absolute Gasteiger partial charge is 0.490 e. The summed E-state index contributed by atoms with van der Waals surface area (Å²) < 4.78 is 18.6. The predicted octanol–water partition coefficient (Wildman–Crippen LogP) is 2.44. The van der Waals surface area contributed by atoms with E-state index in [4.69, 9.17) is 16.3 Å². The van der Waals surface area contributed by atoms with Crippen molar-refractivity contribution in [1.29, 1.82) is 0 Å². The summed E-state index contributed by atoms with van der Waals surface area (Å²) in [4.78, 5) is 11.2. The fraction of sp³-hybridized carbons (Fsp3) is 0.231. The first-order valence-corrected chi connectivity index (χ1v) is 6.40. The Hall–Kier alpha value is -2.08. The molecule has 7 heteroatoms. The lowest BCUT2D eigenvalue weighted by atomic mass is 10.3. The van der Waals surface area contributed by atoms with Crippen LogP contribution in [0.4, 0.5) is 10.1 Å². The lowest BCUT2D eigenvalue weighted by molar-refractivity contribution is 0.299. The molecule has 0 fully saturated rings. The van der Waals surface area contributed by atoms with Crippen LogP contribution in [0.5, 0.6) is 5.75 Å². The summed E-state index contributed by atoms with van der Waals surface area (Å²) in [5.74, 6) is -0.161. The van der Waals surface area contributed by atoms with Gasteiger partial charge in [0.05, 0.1) is 18.5 Å². The Labute approximate surface area is 119 Å². The Morgan fingerprint density at radius 1 is 1.40 bits per heavy atom. The van der Waals surface area contributed by atoms with Gasteiger partial charge in [0, 0.05) is 6.54 Å². The smallest absolute Gasteiger partial charge is 0.285 e. The standard InChI is InChI=1S/C13H13ClFN3O2/c14-12-10(8-17-18-13(12)19)16-6-3-7-20-11-5-2-1-4-9(11)15/h1-2,4-5,8H,3,6-7H2,(H2,16,18,19). The van der Waals surface area contributed by atoms with Crippen LogP contribution in [0.2, 0.25) is 5.02 Å². The molecule has 0 aliphatic carbocycles. The van der Waals surface area contributed by atoms with Crippen LogP contribution >= 0.6 is 11.6 Å². The molecule has 2 aromatic rings. The fourth-order valence-corrected chi connectivity index (χ4v) is 1.70. The van der Waals surface area contributed by atoms with Crippen molar-refractivity contribution >= 4 is 17.3 Å². The second-order valence-corrected chi connectivity index (χ2v) is 4.36. The SMILES string of the molecule is O=c1[nH]ncc(NCCCOc2ccccc2F)c1Cl. The lowest BCUT2D eigenvalue weighted by Crippen LogP contribution is -2.13. The van der Waals surface area contributed by atoms with E-state index in [9.17, 15) is 9.18 Å². The van der Waals surface area contributed by atoms with Gasteiger partial charge in [-0.15, -0.1) is 0 Å². The van der Waals surface area contributed by atoms with Crippen molar-refractivity contribution in [3.63, 3.8) is 0 Å². The van der Waals surface area contributed by atoms with Gasteiger partial charge in [-0.3, -0.25) is 4.79 Å². The molecular formula is C13H13ClFN3O2. The van der Waals surface area contributed by atoms with Crippen molar-refractivity contribution in [3.8, 4) is 5.75 Å². The van der Waals surface area contributed by atoms with E-state index in [0.717, 1.165) is 0 Å². The fourth-order valence-electron chi connectivity index (χ4n) is 1.55. The Kier molecular flexibility index (Phi) is 4.95. The van der Waals surface area contributed by atoms with E-state index < -0.39 is 5.56 Å². The van der Waals surface area contributed by atoms with E-state index in [1.807, 2.05) is 0 Å². The van der Waals surface area contributed by atoms with Gasteiger partial charge in [-0.1, -0.05) is 23.7 Å². The maximum Gasteiger partial charge on any atom is 0.285 e. The molecule has 106 valence electrons. The summed E-state index contributed by atoms with van der Waals surface area (Å²) >= 11 is 5.80. The van der Waals surface area contributed by atoms with E-state index in [1.54, 1.807) is 18.2 Å². The topological polar surface area (TPSA) is 67.0 Å².